The van der Waals surface area contributed by atoms with Crippen LogP contribution in [0.15, 0.2) is 54.7 Å². The maximum absolute atomic E-state index is 5.48. The smallest absolute Gasteiger partial charge is 0.154 e. The molecule has 0 atom stereocenters. The third-order valence-corrected chi connectivity index (χ3v) is 6.55. The van der Waals surface area contributed by atoms with Crippen molar-refractivity contribution < 1.29 is 4.74 Å². The molecular formula is C24H22N4OS. The van der Waals surface area contributed by atoms with Gasteiger partial charge in [-0.05, 0) is 85.3 Å². The van der Waals surface area contributed by atoms with E-state index in [1.165, 1.54) is 15.8 Å². The third-order valence-electron chi connectivity index (χ3n) is 5.43. The molecule has 5 aromatic rings. The molecule has 5 rings (SSSR count). The van der Waals surface area contributed by atoms with Crippen molar-refractivity contribution in [3.05, 3.63) is 71.4 Å². The molecule has 0 aliphatic rings. The summed E-state index contributed by atoms with van der Waals surface area (Å²) in [6, 6.07) is 16.7. The summed E-state index contributed by atoms with van der Waals surface area (Å²) in [6.45, 7) is 6.30. The number of benzene rings is 2. The van der Waals surface area contributed by atoms with Crippen molar-refractivity contribution in [3.8, 4) is 16.3 Å². The van der Waals surface area contributed by atoms with Gasteiger partial charge in [0.2, 0.25) is 0 Å². The fourth-order valence-electron chi connectivity index (χ4n) is 3.59. The molecule has 0 saturated heterocycles. The van der Waals surface area contributed by atoms with E-state index < -0.39 is 0 Å². The normalized spacial score (nSPS) is 11.3. The first kappa shape index (κ1) is 18.6. The van der Waals surface area contributed by atoms with Crippen LogP contribution >= 0.6 is 11.3 Å². The Labute approximate surface area is 179 Å². The summed E-state index contributed by atoms with van der Waals surface area (Å²) in [6.07, 6.45) is 1.89. The average Bonchev–Trinajstić information content (AvgIpc) is 3.33. The van der Waals surface area contributed by atoms with Crippen LogP contribution in [0.25, 0.3) is 26.3 Å². The molecular weight excluding hydrogens is 392 g/mol. The van der Waals surface area contributed by atoms with Crippen LogP contribution in [-0.4, -0.2) is 21.7 Å². The number of nitrogens with zero attached hydrogens (tertiary/aromatic N) is 3. The summed E-state index contributed by atoms with van der Waals surface area (Å²) in [4.78, 5) is 5.67. The second-order valence-corrected chi connectivity index (χ2v) is 8.61. The number of anilines is 2. The molecule has 3 heterocycles. The summed E-state index contributed by atoms with van der Waals surface area (Å²) in [5, 5.41) is 9.38. The lowest BCUT2D eigenvalue weighted by atomic mass is 10.1. The van der Waals surface area contributed by atoms with Gasteiger partial charge in [-0.1, -0.05) is 6.07 Å². The summed E-state index contributed by atoms with van der Waals surface area (Å²) >= 11 is 1.74. The summed E-state index contributed by atoms with van der Waals surface area (Å²) in [5.41, 5.74) is 6.48. The molecule has 1 N–H and O–H groups in total. The molecule has 0 radical (unpaired) electrons. The van der Waals surface area contributed by atoms with Gasteiger partial charge in [0, 0.05) is 10.4 Å². The van der Waals surface area contributed by atoms with Crippen LogP contribution in [0.2, 0.25) is 0 Å². The van der Waals surface area contributed by atoms with Crippen LogP contribution < -0.4 is 10.1 Å². The maximum Gasteiger partial charge on any atom is 0.154 e. The van der Waals surface area contributed by atoms with Crippen LogP contribution in [0.4, 0.5) is 11.5 Å². The van der Waals surface area contributed by atoms with Crippen molar-refractivity contribution >= 4 is 38.6 Å². The molecule has 30 heavy (non-hydrogen) atoms. The van der Waals surface area contributed by atoms with Gasteiger partial charge in [0.15, 0.2) is 11.5 Å². The molecule has 0 fully saturated rings. The van der Waals surface area contributed by atoms with Crippen LogP contribution in [0.5, 0.6) is 5.75 Å². The Bertz CT molecular complexity index is 1400. The number of imidazole rings is 1. The Morgan fingerprint density at radius 3 is 2.60 bits per heavy atom. The number of aromatic nitrogens is 3. The lowest BCUT2D eigenvalue weighted by Crippen LogP contribution is -2.00. The number of thiophene rings is 1. The van der Waals surface area contributed by atoms with Crippen LogP contribution in [-0.2, 0) is 0 Å². The number of methoxy groups -OCH3 is 1. The minimum atomic E-state index is 0.781. The third kappa shape index (κ3) is 3.19. The Hall–Kier alpha value is -3.38. The van der Waals surface area contributed by atoms with Gasteiger partial charge in [0.1, 0.15) is 11.4 Å². The van der Waals surface area contributed by atoms with Gasteiger partial charge in [-0.15, -0.1) is 16.4 Å². The highest BCUT2D eigenvalue weighted by Crippen LogP contribution is 2.37. The van der Waals surface area contributed by atoms with Gasteiger partial charge in [0.25, 0.3) is 0 Å². The first-order valence-corrected chi connectivity index (χ1v) is 10.6. The Balaban J connectivity index is 1.56. The Morgan fingerprint density at radius 2 is 1.80 bits per heavy atom. The largest absolute Gasteiger partial charge is 0.496 e. The van der Waals surface area contributed by atoms with Gasteiger partial charge in [-0.25, -0.2) is 9.50 Å². The molecule has 150 valence electrons. The summed E-state index contributed by atoms with van der Waals surface area (Å²) in [7, 11) is 1.71. The molecule has 5 nitrogen and oxygen atoms in total. The minimum Gasteiger partial charge on any atom is -0.496 e. The maximum atomic E-state index is 5.48. The highest BCUT2D eigenvalue weighted by molar-refractivity contribution is 7.22. The van der Waals surface area contributed by atoms with E-state index in [9.17, 15) is 0 Å². The molecule has 0 aliphatic carbocycles. The van der Waals surface area contributed by atoms with Gasteiger partial charge in [-0.2, -0.15) is 0 Å². The molecule has 0 saturated carbocycles. The van der Waals surface area contributed by atoms with Crippen LogP contribution in [0, 0.1) is 20.8 Å². The molecule has 0 unspecified atom stereocenters. The van der Waals surface area contributed by atoms with Crippen LogP contribution in [0.1, 0.15) is 16.7 Å². The first-order chi connectivity index (χ1) is 14.5. The molecule has 0 amide bonds. The number of ether oxygens (including phenoxy) is 1. The summed E-state index contributed by atoms with van der Waals surface area (Å²) in [5.74, 6) is 1.69. The SMILES string of the molecule is COc1cc2cc(-c3cnc4ccc(Nc5ccc(C)c(C)c5)nn34)sc2cc1C. The fourth-order valence-corrected chi connectivity index (χ4v) is 4.73. The van der Waals surface area contributed by atoms with Crippen molar-refractivity contribution in [2.24, 2.45) is 0 Å². The first-order valence-electron chi connectivity index (χ1n) is 9.79. The monoisotopic (exact) mass is 414 g/mol. The molecule has 0 aliphatic heterocycles. The van der Waals surface area contributed by atoms with E-state index in [1.807, 2.05) is 22.8 Å². The van der Waals surface area contributed by atoms with Crippen molar-refractivity contribution in [1.29, 1.82) is 0 Å². The quantitative estimate of drug-likeness (QED) is 0.375. The molecule has 2 aromatic carbocycles. The highest BCUT2D eigenvalue weighted by Gasteiger charge is 2.13. The standard InChI is InChI=1S/C24H22N4OS/c1-14-5-6-18(9-15(14)2)26-23-7-8-24-25-13-19(28(24)27-23)22-12-17-11-20(29-4)16(3)10-21(17)30-22/h5-13H,1-4H3,(H,26,27). The van der Waals surface area contributed by atoms with E-state index in [1.54, 1.807) is 18.4 Å². The van der Waals surface area contributed by atoms with Crippen molar-refractivity contribution in [2.45, 2.75) is 20.8 Å². The van der Waals surface area contributed by atoms with Gasteiger partial charge >= 0.3 is 0 Å². The van der Waals surface area contributed by atoms with Gasteiger partial charge in [0.05, 0.1) is 18.2 Å². The van der Waals surface area contributed by atoms with Gasteiger partial charge < -0.3 is 10.1 Å². The minimum absolute atomic E-state index is 0.781. The number of fused-ring (bicyclic) bond motifs is 2. The Morgan fingerprint density at radius 1 is 0.933 bits per heavy atom. The molecule has 6 heteroatoms. The molecule has 0 spiro atoms. The van der Waals surface area contributed by atoms with Crippen molar-refractivity contribution in [3.63, 3.8) is 0 Å². The van der Waals surface area contributed by atoms with Crippen LogP contribution in [0.3, 0.4) is 0 Å². The second-order valence-electron chi connectivity index (χ2n) is 7.53. The number of hydrogen-bond donors (Lipinski definition) is 1. The zero-order valence-electron chi connectivity index (χ0n) is 17.4. The highest BCUT2D eigenvalue weighted by atomic mass is 32.1. The van der Waals surface area contributed by atoms with E-state index in [2.05, 4.69) is 67.5 Å². The lowest BCUT2D eigenvalue weighted by molar-refractivity contribution is 0.412. The predicted molar refractivity (Wildman–Crippen MR) is 124 cm³/mol. The van der Waals surface area contributed by atoms with Crippen molar-refractivity contribution in [2.75, 3.05) is 12.4 Å². The van der Waals surface area contributed by atoms with Crippen molar-refractivity contribution in [1.82, 2.24) is 14.6 Å². The zero-order chi connectivity index (χ0) is 20.8. The van der Waals surface area contributed by atoms with E-state index in [0.717, 1.165) is 44.4 Å². The number of hydrogen-bond acceptors (Lipinski definition) is 5. The Kier molecular flexibility index (Phi) is 4.44. The molecule has 0 bridgehead atoms. The molecule has 3 aromatic heterocycles. The number of nitrogens with one attached hydrogen (secondary N) is 1. The summed E-state index contributed by atoms with van der Waals surface area (Å²) < 4.78 is 8.60. The van der Waals surface area contributed by atoms with E-state index in [4.69, 9.17) is 9.84 Å². The number of rotatable bonds is 4. The zero-order valence-corrected chi connectivity index (χ0v) is 18.2. The van der Waals surface area contributed by atoms with Gasteiger partial charge in [-0.3, -0.25) is 0 Å². The lowest BCUT2D eigenvalue weighted by Gasteiger charge is -2.08. The topological polar surface area (TPSA) is 51.5 Å². The second kappa shape index (κ2) is 7.15. The average molecular weight is 415 g/mol. The van der Waals surface area contributed by atoms with E-state index in [-0.39, 0.29) is 0 Å². The fraction of sp³-hybridized carbons (Fsp3) is 0.167. The number of aryl methyl sites for hydroxylation is 3. The van der Waals surface area contributed by atoms with E-state index >= 15 is 0 Å². The van der Waals surface area contributed by atoms with E-state index in [0.29, 0.717) is 0 Å². The predicted octanol–water partition coefficient (Wildman–Crippen LogP) is 6.29.